The third-order valence-corrected chi connectivity index (χ3v) is 6.95. The standard InChI is InChI=1S/C20H19ClN2O4S2/c1-27-16-8-10-17(11-9-16)29(25,26)12-2-3-19(24)23-20-22-18(13-28-20)14-4-6-15(21)7-5-14/h4-11,13H,2-3,12H2,1H3,(H,22,23,24). The van der Waals surface area contributed by atoms with Crippen molar-refractivity contribution in [2.24, 2.45) is 0 Å². The number of rotatable bonds is 8. The van der Waals surface area contributed by atoms with Crippen LogP contribution in [-0.2, 0) is 14.6 Å². The topological polar surface area (TPSA) is 85.4 Å². The zero-order valence-electron chi connectivity index (χ0n) is 15.6. The van der Waals surface area contributed by atoms with Gasteiger partial charge in [-0.25, -0.2) is 13.4 Å². The number of thiazole rings is 1. The van der Waals surface area contributed by atoms with Gasteiger partial charge in [-0.15, -0.1) is 11.3 Å². The van der Waals surface area contributed by atoms with Gasteiger partial charge >= 0.3 is 0 Å². The fourth-order valence-corrected chi connectivity index (χ4v) is 4.76. The van der Waals surface area contributed by atoms with E-state index in [-0.39, 0.29) is 29.4 Å². The third kappa shape index (κ3) is 5.79. The Hall–Kier alpha value is -2.42. The minimum absolute atomic E-state index is 0.0885. The Labute approximate surface area is 178 Å². The molecule has 0 aliphatic rings. The normalized spacial score (nSPS) is 11.2. The highest BCUT2D eigenvalue weighted by atomic mass is 35.5. The highest BCUT2D eigenvalue weighted by Gasteiger charge is 2.16. The Balaban J connectivity index is 1.51. The number of halogens is 1. The van der Waals surface area contributed by atoms with E-state index in [0.29, 0.717) is 15.9 Å². The van der Waals surface area contributed by atoms with Crippen LogP contribution in [-0.4, -0.2) is 32.2 Å². The average molecular weight is 451 g/mol. The van der Waals surface area contributed by atoms with Gasteiger partial charge in [0.15, 0.2) is 15.0 Å². The number of nitrogens with one attached hydrogen (secondary N) is 1. The third-order valence-electron chi connectivity index (χ3n) is 4.13. The number of hydrogen-bond donors (Lipinski definition) is 1. The summed E-state index contributed by atoms with van der Waals surface area (Å²) in [6, 6.07) is 13.5. The Kier molecular flexibility index (Phi) is 6.89. The maximum atomic E-state index is 12.4. The van der Waals surface area contributed by atoms with Crippen LogP contribution in [0.25, 0.3) is 11.3 Å². The minimum Gasteiger partial charge on any atom is -0.497 e. The van der Waals surface area contributed by atoms with Gasteiger partial charge in [-0.3, -0.25) is 4.79 Å². The molecule has 6 nitrogen and oxygen atoms in total. The Morgan fingerprint density at radius 1 is 1.14 bits per heavy atom. The fraction of sp³-hybridized carbons (Fsp3) is 0.200. The van der Waals surface area contributed by atoms with Crippen molar-refractivity contribution in [1.82, 2.24) is 4.98 Å². The Morgan fingerprint density at radius 3 is 2.48 bits per heavy atom. The SMILES string of the molecule is COc1ccc(S(=O)(=O)CCCC(=O)Nc2nc(-c3ccc(Cl)cc3)cs2)cc1. The first kappa shape index (κ1) is 21.3. The van der Waals surface area contributed by atoms with Gasteiger partial charge in [-0.05, 0) is 42.8 Å². The molecule has 1 heterocycles. The van der Waals surface area contributed by atoms with Gasteiger partial charge < -0.3 is 10.1 Å². The maximum absolute atomic E-state index is 12.4. The molecule has 0 fully saturated rings. The molecule has 0 spiro atoms. The van der Waals surface area contributed by atoms with Gasteiger partial charge in [0, 0.05) is 22.4 Å². The van der Waals surface area contributed by atoms with Crippen LogP contribution in [0, 0.1) is 0 Å². The van der Waals surface area contributed by atoms with E-state index in [0.717, 1.165) is 11.3 Å². The molecule has 0 saturated carbocycles. The number of sulfone groups is 1. The average Bonchev–Trinajstić information content (AvgIpc) is 3.16. The largest absolute Gasteiger partial charge is 0.497 e. The van der Waals surface area contributed by atoms with Crippen molar-refractivity contribution in [2.45, 2.75) is 17.7 Å². The summed E-state index contributed by atoms with van der Waals surface area (Å²) < 4.78 is 29.8. The molecule has 3 rings (SSSR count). The summed E-state index contributed by atoms with van der Waals surface area (Å²) in [5.74, 6) is 0.206. The molecule has 0 saturated heterocycles. The van der Waals surface area contributed by atoms with Crippen molar-refractivity contribution in [3.63, 3.8) is 0 Å². The number of benzene rings is 2. The first-order valence-corrected chi connectivity index (χ1v) is 11.7. The number of nitrogens with zero attached hydrogens (tertiary/aromatic N) is 1. The molecule has 1 aromatic heterocycles. The highest BCUT2D eigenvalue weighted by Crippen LogP contribution is 2.26. The van der Waals surface area contributed by atoms with Crippen molar-refractivity contribution in [3.05, 3.63) is 58.9 Å². The summed E-state index contributed by atoms with van der Waals surface area (Å²) in [7, 11) is -1.93. The van der Waals surface area contributed by atoms with E-state index in [2.05, 4.69) is 10.3 Å². The molecule has 1 amide bonds. The number of carbonyl (C=O) groups excluding carboxylic acids is 1. The van der Waals surface area contributed by atoms with Crippen molar-refractivity contribution in [3.8, 4) is 17.0 Å². The number of hydrogen-bond acceptors (Lipinski definition) is 6. The second-order valence-electron chi connectivity index (χ2n) is 6.19. The molecule has 3 aromatic rings. The molecular formula is C20H19ClN2O4S2. The molecule has 1 N–H and O–H groups in total. The molecule has 0 aliphatic carbocycles. The van der Waals surface area contributed by atoms with Crippen LogP contribution >= 0.6 is 22.9 Å². The number of carbonyl (C=O) groups is 1. The summed E-state index contributed by atoms with van der Waals surface area (Å²) >= 11 is 7.19. The van der Waals surface area contributed by atoms with Crippen LogP contribution in [0.2, 0.25) is 5.02 Å². The van der Waals surface area contributed by atoms with Gasteiger partial charge in [0.25, 0.3) is 0 Å². The van der Waals surface area contributed by atoms with Crippen LogP contribution in [0.5, 0.6) is 5.75 Å². The first-order valence-electron chi connectivity index (χ1n) is 8.75. The van der Waals surface area contributed by atoms with Crippen molar-refractivity contribution in [2.75, 3.05) is 18.2 Å². The van der Waals surface area contributed by atoms with Gasteiger partial charge in [-0.2, -0.15) is 0 Å². The molecular weight excluding hydrogens is 432 g/mol. The van der Waals surface area contributed by atoms with Gasteiger partial charge in [0.05, 0.1) is 23.5 Å². The molecule has 152 valence electrons. The predicted octanol–water partition coefficient (Wildman–Crippen LogP) is 4.66. The smallest absolute Gasteiger partial charge is 0.226 e. The van der Waals surface area contributed by atoms with Crippen molar-refractivity contribution < 1.29 is 17.9 Å². The molecule has 9 heteroatoms. The molecule has 0 radical (unpaired) electrons. The second kappa shape index (κ2) is 9.39. The number of ether oxygens (including phenoxy) is 1. The summed E-state index contributed by atoms with van der Waals surface area (Å²) in [6.07, 6.45) is 0.306. The second-order valence-corrected chi connectivity index (χ2v) is 9.59. The van der Waals surface area contributed by atoms with E-state index < -0.39 is 9.84 Å². The lowest BCUT2D eigenvalue weighted by Crippen LogP contribution is -2.14. The maximum Gasteiger partial charge on any atom is 0.226 e. The molecule has 0 bridgehead atoms. The van der Waals surface area contributed by atoms with Crippen LogP contribution in [0.3, 0.4) is 0 Å². The van der Waals surface area contributed by atoms with Crippen molar-refractivity contribution >= 4 is 43.8 Å². The molecule has 0 unspecified atom stereocenters. The summed E-state index contributed by atoms with van der Waals surface area (Å²) in [4.78, 5) is 16.7. The van der Waals surface area contributed by atoms with E-state index in [1.807, 2.05) is 17.5 Å². The zero-order chi connectivity index (χ0) is 20.9. The number of amides is 1. The lowest BCUT2D eigenvalue weighted by Gasteiger charge is -2.06. The van der Waals surface area contributed by atoms with Crippen LogP contribution in [0.15, 0.2) is 58.8 Å². The molecule has 0 atom stereocenters. The quantitative estimate of drug-likeness (QED) is 0.539. The minimum atomic E-state index is -3.45. The summed E-state index contributed by atoms with van der Waals surface area (Å²) in [5.41, 5.74) is 1.64. The number of aromatic nitrogens is 1. The van der Waals surface area contributed by atoms with Gasteiger partial charge in [0.1, 0.15) is 5.75 Å². The molecule has 0 aliphatic heterocycles. The van der Waals surface area contributed by atoms with Crippen LogP contribution in [0.1, 0.15) is 12.8 Å². The predicted molar refractivity (Wildman–Crippen MR) is 115 cm³/mol. The van der Waals surface area contributed by atoms with E-state index in [1.165, 1.54) is 30.6 Å². The van der Waals surface area contributed by atoms with E-state index >= 15 is 0 Å². The number of methoxy groups -OCH3 is 1. The van der Waals surface area contributed by atoms with Crippen molar-refractivity contribution in [1.29, 1.82) is 0 Å². The van der Waals surface area contributed by atoms with Gasteiger partial charge in [0.2, 0.25) is 5.91 Å². The Bertz CT molecular complexity index is 1080. The van der Waals surface area contributed by atoms with Crippen LogP contribution in [0.4, 0.5) is 5.13 Å². The first-order chi connectivity index (χ1) is 13.9. The van der Waals surface area contributed by atoms with E-state index in [9.17, 15) is 13.2 Å². The monoisotopic (exact) mass is 450 g/mol. The summed E-state index contributed by atoms with van der Waals surface area (Å²) in [6.45, 7) is 0. The lowest BCUT2D eigenvalue weighted by molar-refractivity contribution is -0.116. The molecule has 29 heavy (non-hydrogen) atoms. The van der Waals surface area contributed by atoms with Crippen LogP contribution < -0.4 is 10.1 Å². The fourth-order valence-electron chi connectivity index (χ4n) is 2.59. The molecule has 2 aromatic carbocycles. The highest BCUT2D eigenvalue weighted by molar-refractivity contribution is 7.91. The van der Waals surface area contributed by atoms with E-state index in [1.54, 1.807) is 24.3 Å². The Morgan fingerprint density at radius 2 is 1.83 bits per heavy atom. The lowest BCUT2D eigenvalue weighted by atomic mass is 10.2. The zero-order valence-corrected chi connectivity index (χ0v) is 18.0. The number of anilines is 1. The van der Waals surface area contributed by atoms with Gasteiger partial charge in [-0.1, -0.05) is 23.7 Å². The van der Waals surface area contributed by atoms with E-state index in [4.69, 9.17) is 16.3 Å². The summed E-state index contributed by atoms with van der Waals surface area (Å²) in [5, 5.41) is 5.67.